The number of non-ortho nitro benzene ring substituents is 1. The van der Waals surface area contributed by atoms with E-state index >= 15 is 0 Å². The standard InChI is InChI=1S/C23H28Cl2N4O6S/c1-4-5-12-26-23(31)16(2)27(14-19-20(24)10-7-11-21(19)25)22(30)15-28(36(3,34)35)17-8-6-9-18(13-17)29(32)33/h6-11,13,16H,4-5,12,14-15H2,1-3H3,(H,26,31)/t16-/m1/s1. The van der Waals surface area contributed by atoms with Crippen LogP contribution < -0.4 is 9.62 Å². The van der Waals surface area contributed by atoms with Crippen molar-refractivity contribution >= 4 is 56.4 Å². The van der Waals surface area contributed by atoms with Gasteiger partial charge in [0.15, 0.2) is 0 Å². The average Bonchev–Trinajstić information content (AvgIpc) is 2.81. The Bertz CT molecular complexity index is 1200. The van der Waals surface area contributed by atoms with E-state index in [1.165, 1.54) is 30.0 Å². The Morgan fingerprint density at radius 2 is 1.75 bits per heavy atom. The fourth-order valence-corrected chi connectivity index (χ4v) is 4.71. The Labute approximate surface area is 220 Å². The Morgan fingerprint density at radius 3 is 2.31 bits per heavy atom. The van der Waals surface area contributed by atoms with Crippen LogP contribution in [0.5, 0.6) is 0 Å². The highest BCUT2D eigenvalue weighted by Crippen LogP contribution is 2.28. The molecule has 2 rings (SSSR count). The molecule has 1 atom stereocenters. The van der Waals surface area contributed by atoms with Crippen LogP contribution in [-0.2, 0) is 26.2 Å². The summed E-state index contributed by atoms with van der Waals surface area (Å²) >= 11 is 12.6. The van der Waals surface area contributed by atoms with Crippen molar-refractivity contribution in [3.63, 3.8) is 0 Å². The maximum absolute atomic E-state index is 13.5. The molecule has 2 amide bonds. The molecule has 0 aliphatic rings. The second kappa shape index (κ2) is 12.9. The number of carbonyl (C=O) groups is 2. The molecule has 1 N–H and O–H groups in total. The number of amides is 2. The fraction of sp³-hybridized carbons (Fsp3) is 0.391. The molecule has 0 aromatic heterocycles. The maximum Gasteiger partial charge on any atom is 0.271 e. The molecule has 36 heavy (non-hydrogen) atoms. The van der Waals surface area contributed by atoms with E-state index in [0.717, 1.165) is 29.5 Å². The molecular formula is C23H28Cl2N4O6S. The maximum atomic E-state index is 13.5. The molecule has 0 aliphatic heterocycles. The monoisotopic (exact) mass is 558 g/mol. The molecule has 196 valence electrons. The second-order valence-electron chi connectivity index (χ2n) is 8.09. The number of rotatable bonds is 12. The zero-order chi connectivity index (χ0) is 27.0. The van der Waals surface area contributed by atoms with Gasteiger partial charge in [0, 0.05) is 40.8 Å². The van der Waals surface area contributed by atoms with Crippen LogP contribution >= 0.6 is 23.2 Å². The van der Waals surface area contributed by atoms with E-state index in [2.05, 4.69) is 5.32 Å². The first-order valence-electron chi connectivity index (χ1n) is 11.1. The zero-order valence-electron chi connectivity index (χ0n) is 20.1. The summed E-state index contributed by atoms with van der Waals surface area (Å²) < 4.78 is 25.9. The number of nitrogens with zero attached hydrogens (tertiary/aromatic N) is 3. The molecule has 0 spiro atoms. The SMILES string of the molecule is CCCCNC(=O)[C@@H](C)N(Cc1c(Cl)cccc1Cl)C(=O)CN(c1cccc([N+](=O)[O-])c1)S(C)(=O)=O. The first-order chi connectivity index (χ1) is 16.9. The van der Waals surface area contributed by atoms with E-state index in [0.29, 0.717) is 12.1 Å². The van der Waals surface area contributed by atoms with Crippen LogP contribution in [0.4, 0.5) is 11.4 Å². The molecule has 0 bridgehead atoms. The smallest absolute Gasteiger partial charge is 0.271 e. The summed E-state index contributed by atoms with van der Waals surface area (Å²) in [7, 11) is -4.03. The molecule has 0 unspecified atom stereocenters. The van der Waals surface area contributed by atoms with Gasteiger partial charge in [-0.25, -0.2) is 8.42 Å². The Hall–Kier alpha value is -2.89. The predicted octanol–water partition coefficient (Wildman–Crippen LogP) is 4.00. The van der Waals surface area contributed by atoms with Crippen molar-refractivity contribution in [1.29, 1.82) is 0 Å². The average molecular weight is 559 g/mol. The van der Waals surface area contributed by atoms with Crippen LogP contribution in [0.1, 0.15) is 32.3 Å². The van der Waals surface area contributed by atoms with E-state index in [1.54, 1.807) is 18.2 Å². The van der Waals surface area contributed by atoms with Crippen LogP contribution in [0.15, 0.2) is 42.5 Å². The molecule has 0 aliphatic carbocycles. The fourth-order valence-electron chi connectivity index (χ4n) is 3.35. The van der Waals surface area contributed by atoms with Gasteiger partial charge in [-0.15, -0.1) is 0 Å². The van der Waals surface area contributed by atoms with E-state index in [-0.39, 0.29) is 28.0 Å². The lowest BCUT2D eigenvalue weighted by atomic mass is 10.1. The highest BCUT2D eigenvalue weighted by Gasteiger charge is 2.31. The van der Waals surface area contributed by atoms with Gasteiger partial charge in [-0.1, -0.05) is 48.7 Å². The van der Waals surface area contributed by atoms with Gasteiger partial charge in [0.05, 0.1) is 16.9 Å². The third kappa shape index (κ3) is 7.81. The van der Waals surface area contributed by atoms with Crippen LogP contribution in [0, 0.1) is 10.1 Å². The lowest BCUT2D eigenvalue weighted by molar-refractivity contribution is -0.384. The molecule has 10 nitrogen and oxygen atoms in total. The van der Waals surface area contributed by atoms with Gasteiger partial charge in [-0.2, -0.15) is 0 Å². The van der Waals surface area contributed by atoms with Crippen molar-refractivity contribution in [1.82, 2.24) is 10.2 Å². The van der Waals surface area contributed by atoms with Gasteiger partial charge >= 0.3 is 0 Å². The van der Waals surface area contributed by atoms with Crippen LogP contribution in [0.2, 0.25) is 10.0 Å². The second-order valence-corrected chi connectivity index (χ2v) is 10.8. The molecule has 0 saturated heterocycles. The quantitative estimate of drug-likeness (QED) is 0.238. The minimum absolute atomic E-state index is 0.0594. The van der Waals surface area contributed by atoms with Gasteiger partial charge in [0.2, 0.25) is 21.8 Å². The minimum Gasteiger partial charge on any atom is -0.354 e. The summed E-state index contributed by atoms with van der Waals surface area (Å²) in [5.74, 6) is -1.15. The molecule has 2 aromatic carbocycles. The number of nitrogens with one attached hydrogen (secondary N) is 1. The van der Waals surface area contributed by atoms with Crippen molar-refractivity contribution in [2.24, 2.45) is 0 Å². The molecular weight excluding hydrogens is 531 g/mol. The van der Waals surface area contributed by atoms with E-state index in [1.807, 2.05) is 6.92 Å². The van der Waals surface area contributed by atoms with Gasteiger partial charge < -0.3 is 10.2 Å². The number of halogens is 2. The number of hydrogen-bond acceptors (Lipinski definition) is 6. The minimum atomic E-state index is -4.03. The molecule has 0 fully saturated rings. The Balaban J connectivity index is 2.45. The summed E-state index contributed by atoms with van der Waals surface area (Å²) in [5.41, 5.74) is -0.00329. The summed E-state index contributed by atoms with van der Waals surface area (Å²) in [4.78, 5) is 38.0. The molecule has 0 heterocycles. The number of unbranched alkanes of at least 4 members (excludes halogenated alkanes) is 1. The zero-order valence-corrected chi connectivity index (χ0v) is 22.4. The van der Waals surface area contributed by atoms with Crippen LogP contribution in [-0.4, -0.2) is 55.4 Å². The molecule has 13 heteroatoms. The lowest BCUT2D eigenvalue weighted by Gasteiger charge is -2.31. The van der Waals surface area contributed by atoms with E-state index in [4.69, 9.17) is 23.2 Å². The van der Waals surface area contributed by atoms with Crippen LogP contribution in [0.25, 0.3) is 0 Å². The van der Waals surface area contributed by atoms with Crippen molar-refractivity contribution < 1.29 is 22.9 Å². The largest absolute Gasteiger partial charge is 0.354 e. The van der Waals surface area contributed by atoms with Crippen molar-refractivity contribution in [3.8, 4) is 0 Å². The molecule has 0 saturated carbocycles. The number of carbonyl (C=O) groups excluding carboxylic acids is 2. The Morgan fingerprint density at radius 1 is 1.14 bits per heavy atom. The number of hydrogen-bond donors (Lipinski definition) is 1. The van der Waals surface area contributed by atoms with Crippen molar-refractivity contribution in [3.05, 3.63) is 68.2 Å². The van der Waals surface area contributed by atoms with Gasteiger partial charge in [-0.05, 0) is 31.5 Å². The van der Waals surface area contributed by atoms with Gasteiger partial charge in [0.25, 0.3) is 5.69 Å². The van der Waals surface area contributed by atoms with E-state index < -0.39 is 39.3 Å². The third-order valence-electron chi connectivity index (χ3n) is 5.39. The molecule has 0 radical (unpaired) electrons. The predicted molar refractivity (Wildman–Crippen MR) is 140 cm³/mol. The normalized spacial score (nSPS) is 12.0. The van der Waals surface area contributed by atoms with Crippen molar-refractivity contribution in [2.45, 2.75) is 39.3 Å². The topological polar surface area (TPSA) is 130 Å². The number of nitro benzene ring substituents is 1. The lowest BCUT2D eigenvalue weighted by Crippen LogP contribution is -2.51. The number of anilines is 1. The first kappa shape index (κ1) is 29.3. The highest BCUT2D eigenvalue weighted by atomic mass is 35.5. The summed E-state index contributed by atoms with van der Waals surface area (Å²) in [6.45, 7) is 3.04. The van der Waals surface area contributed by atoms with Crippen molar-refractivity contribution in [2.75, 3.05) is 23.7 Å². The third-order valence-corrected chi connectivity index (χ3v) is 7.24. The highest BCUT2D eigenvalue weighted by molar-refractivity contribution is 7.92. The first-order valence-corrected chi connectivity index (χ1v) is 13.7. The Kier molecular flexibility index (Phi) is 10.5. The van der Waals surface area contributed by atoms with Gasteiger partial charge in [0.1, 0.15) is 12.6 Å². The summed E-state index contributed by atoms with van der Waals surface area (Å²) in [5, 5.41) is 14.5. The summed E-state index contributed by atoms with van der Waals surface area (Å²) in [6.07, 6.45) is 2.49. The molecule has 2 aromatic rings. The summed E-state index contributed by atoms with van der Waals surface area (Å²) in [6, 6.07) is 8.75. The van der Waals surface area contributed by atoms with Crippen LogP contribution in [0.3, 0.4) is 0 Å². The number of nitro groups is 1. The van der Waals surface area contributed by atoms with Gasteiger partial charge in [-0.3, -0.25) is 24.0 Å². The van der Waals surface area contributed by atoms with E-state index in [9.17, 15) is 28.1 Å². The number of sulfonamides is 1. The number of benzene rings is 2.